The molecule has 98 valence electrons. The van der Waals surface area contributed by atoms with E-state index in [1.807, 2.05) is 0 Å². The average molecular weight is 257 g/mol. The van der Waals surface area contributed by atoms with Crippen LogP contribution in [0.2, 0.25) is 0 Å². The minimum atomic E-state index is 0.167. The first-order valence-corrected chi connectivity index (χ1v) is 6.96. The fourth-order valence-electron chi connectivity index (χ4n) is 1.65. The quantitative estimate of drug-likeness (QED) is 0.712. The number of aryl methyl sites for hydroxylation is 1. The number of hydrogen-bond donors (Lipinski definition) is 0. The van der Waals surface area contributed by atoms with Crippen LogP contribution in [0.1, 0.15) is 59.2 Å². The molecule has 0 N–H and O–H groups in total. The molecule has 0 amide bonds. The Hall–Kier alpha value is -0.500. The zero-order valence-electron chi connectivity index (χ0n) is 11.7. The van der Waals surface area contributed by atoms with Gasteiger partial charge < -0.3 is 0 Å². The van der Waals surface area contributed by atoms with Crippen molar-refractivity contribution in [2.75, 3.05) is 0 Å². The van der Waals surface area contributed by atoms with E-state index in [-0.39, 0.29) is 10.8 Å². The molecule has 0 fully saturated rings. The molecule has 0 aliphatic rings. The fourth-order valence-corrected chi connectivity index (χ4v) is 1.76. The van der Waals surface area contributed by atoms with Crippen LogP contribution in [0.3, 0.4) is 0 Å². The van der Waals surface area contributed by atoms with Gasteiger partial charge in [-0.3, -0.25) is 4.68 Å². The molecule has 1 aromatic heterocycles. The molecule has 0 saturated carbocycles. The van der Waals surface area contributed by atoms with Gasteiger partial charge in [0.15, 0.2) is 0 Å². The van der Waals surface area contributed by atoms with Gasteiger partial charge in [-0.1, -0.05) is 27.7 Å². The molecule has 0 aromatic carbocycles. The van der Waals surface area contributed by atoms with Crippen molar-refractivity contribution in [1.82, 2.24) is 9.78 Å². The lowest BCUT2D eigenvalue weighted by Crippen LogP contribution is -2.21. The van der Waals surface area contributed by atoms with E-state index in [9.17, 15) is 0 Å². The Kier molecular flexibility index (Phi) is 5.05. The van der Waals surface area contributed by atoms with Crippen molar-refractivity contribution in [1.29, 1.82) is 0 Å². The lowest BCUT2D eigenvalue weighted by Gasteiger charge is -2.24. The van der Waals surface area contributed by atoms with Gasteiger partial charge in [0.05, 0.1) is 5.69 Å². The number of halogens is 1. The van der Waals surface area contributed by atoms with Crippen molar-refractivity contribution in [3.05, 3.63) is 18.0 Å². The highest BCUT2D eigenvalue weighted by atomic mass is 35.5. The summed E-state index contributed by atoms with van der Waals surface area (Å²) in [6.45, 7) is 10.9. The Morgan fingerprint density at radius 2 is 2.06 bits per heavy atom. The lowest BCUT2D eigenvalue weighted by atomic mass is 9.89. The highest BCUT2D eigenvalue weighted by Crippen LogP contribution is 2.28. The molecule has 0 saturated heterocycles. The molecule has 1 heterocycles. The normalized spacial score (nSPS) is 15.9. The molecular weight excluding hydrogens is 232 g/mol. The lowest BCUT2D eigenvalue weighted by molar-refractivity contribution is 0.372. The second kappa shape index (κ2) is 5.90. The van der Waals surface area contributed by atoms with E-state index in [4.69, 9.17) is 11.6 Å². The van der Waals surface area contributed by atoms with Gasteiger partial charge in [-0.15, -0.1) is 11.6 Å². The molecule has 1 aromatic rings. The number of alkyl halides is 1. The second-order valence-corrected chi connectivity index (χ2v) is 6.44. The Morgan fingerprint density at radius 3 is 2.59 bits per heavy atom. The van der Waals surface area contributed by atoms with Gasteiger partial charge in [0.1, 0.15) is 0 Å². The average Bonchev–Trinajstić information content (AvgIpc) is 2.72. The minimum absolute atomic E-state index is 0.167. The van der Waals surface area contributed by atoms with E-state index >= 15 is 0 Å². The smallest absolute Gasteiger partial charge is 0.0625 e. The van der Waals surface area contributed by atoms with E-state index in [2.05, 4.69) is 56.7 Å². The van der Waals surface area contributed by atoms with Gasteiger partial charge in [-0.25, -0.2) is 0 Å². The van der Waals surface area contributed by atoms with E-state index in [1.165, 1.54) is 0 Å². The third kappa shape index (κ3) is 4.34. The highest BCUT2D eigenvalue weighted by molar-refractivity contribution is 6.21. The molecule has 1 rings (SSSR count). The second-order valence-electron chi connectivity index (χ2n) is 5.92. The maximum atomic E-state index is 6.37. The summed E-state index contributed by atoms with van der Waals surface area (Å²) >= 11 is 6.37. The van der Waals surface area contributed by atoms with E-state index in [0.717, 1.165) is 25.0 Å². The molecule has 2 nitrogen and oxygen atoms in total. The summed E-state index contributed by atoms with van der Waals surface area (Å²) in [6.07, 6.45) is 5.14. The van der Waals surface area contributed by atoms with Crippen LogP contribution in [0, 0.1) is 5.41 Å². The molecule has 0 spiro atoms. The summed E-state index contributed by atoms with van der Waals surface area (Å²) in [5.41, 5.74) is 1.32. The zero-order valence-corrected chi connectivity index (χ0v) is 12.5. The van der Waals surface area contributed by atoms with Gasteiger partial charge in [-0.2, -0.15) is 5.10 Å². The number of nitrogens with zero attached hydrogens (tertiary/aromatic N) is 2. The summed E-state index contributed by atoms with van der Waals surface area (Å²) in [5.74, 6) is 0. The predicted molar refractivity (Wildman–Crippen MR) is 74.6 cm³/mol. The monoisotopic (exact) mass is 256 g/mol. The molecule has 2 unspecified atom stereocenters. The first kappa shape index (κ1) is 14.6. The Balaban J connectivity index is 2.50. The minimum Gasteiger partial charge on any atom is -0.270 e. The standard InChI is InChI=1S/C14H25ClN2/c1-6-11(2)17-10-9-12(16-17)7-8-13(15)14(3,4)5/h9-11,13H,6-8H2,1-5H3. The largest absolute Gasteiger partial charge is 0.270 e. The number of aromatic nitrogens is 2. The van der Waals surface area contributed by atoms with Crippen molar-refractivity contribution >= 4 is 11.6 Å². The van der Waals surface area contributed by atoms with Crippen LogP contribution in [0.25, 0.3) is 0 Å². The van der Waals surface area contributed by atoms with Gasteiger partial charge in [0, 0.05) is 17.6 Å². The highest BCUT2D eigenvalue weighted by Gasteiger charge is 2.22. The SMILES string of the molecule is CCC(C)n1ccc(CCC(Cl)C(C)(C)C)n1. The number of hydrogen-bond acceptors (Lipinski definition) is 1. The van der Waals surface area contributed by atoms with Crippen LogP contribution >= 0.6 is 11.6 Å². The van der Waals surface area contributed by atoms with E-state index < -0.39 is 0 Å². The van der Waals surface area contributed by atoms with Crippen LogP contribution in [-0.4, -0.2) is 15.2 Å². The number of rotatable bonds is 5. The van der Waals surface area contributed by atoms with E-state index in [1.54, 1.807) is 0 Å². The summed E-state index contributed by atoms with van der Waals surface area (Å²) in [7, 11) is 0. The van der Waals surface area contributed by atoms with Crippen molar-refractivity contribution < 1.29 is 0 Å². The summed E-state index contributed by atoms with van der Waals surface area (Å²) in [4.78, 5) is 0. The third-order valence-electron chi connectivity index (χ3n) is 3.30. The molecule has 0 aliphatic carbocycles. The molecule has 0 bridgehead atoms. The fraction of sp³-hybridized carbons (Fsp3) is 0.786. The molecule has 17 heavy (non-hydrogen) atoms. The summed E-state index contributed by atoms with van der Waals surface area (Å²) in [5, 5.41) is 4.80. The molecular formula is C14H25ClN2. The molecule has 2 atom stereocenters. The van der Waals surface area contributed by atoms with Gasteiger partial charge in [0.25, 0.3) is 0 Å². The Labute approximate surface area is 110 Å². The van der Waals surface area contributed by atoms with Gasteiger partial charge in [0.2, 0.25) is 0 Å². The van der Waals surface area contributed by atoms with Crippen molar-refractivity contribution in [3.8, 4) is 0 Å². The summed E-state index contributed by atoms with van der Waals surface area (Å²) in [6, 6.07) is 2.59. The topological polar surface area (TPSA) is 17.8 Å². The summed E-state index contributed by atoms with van der Waals surface area (Å²) < 4.78 is 2.05. The van der Waals surface area contributed by atoms with Crippen LogP contribution in [0.4, 0.5) is 0 Å². The van der Waals surface area contributed by atoms with Crippen LogP contribution in [0.5, 0.6) is 0 Å². The van der Waals surface area contributed by atoms with Gasteiger partial charge in [-0.05, 0) is 37.7 Å². The van der Waals surface area contributed by atoms with Crippen LogP contribution in [0.15, 0.2) is 12.3 Å². The van der Waals surface area contributed by atoms with Gasteiger partial charge >= 0.3 is 0 Å². The molecule has 3 heteroatoms. The van der Waals surface area contributed by atoms with Crippen molar-refractivity contribution in [3.63, 3.8) is 0 Å². The maximum Gasteiger partial charge on any atom is 0.0625 e. The first-order valence-electron chi connectivity index (χ1n) is 6.52. The molecule has 0 radical (unpaired) electrons. The zero-order chi connectivity index (χ0) is 13.1. The van der Waals surface area contributed by atoms with Crippen LogP contribution in [-0.2, 0) is 6.42 Å². The molecule has 0 aliphatic heterocycles. The Morgan fingerprint density at radius 1 is 1.41 bits per heavy atom. The predicted octanol–water partition coefficient (Wildman–Crippen LogP) is 4.44. The van der Waals surface area contributed by atoms with Crippen molar-refractivity contribution in [2.45, 2.75) is 65.3 Å². The van der Waals surface area contributed by atoms with Crippen LogP contribution < -0.4 is 0 Å². The third-order valence-corrected chi connectivity index (χ3v) is 4.17. The van der Waals surface area contributed by atoms with Crippen molar-refractivity contribution in [2.24, 2.45) is 5.41 Å². The first-order chi connectivity index (χ1) is 7.84. The Bertz CT molecular complexity index is 338. The maximum absolute atomic E-state index is 6.37. The van der Waals surface area contributed by atoms with E-state index in [0.29, 0.717) is 6.04 Å².